The quantitative estimate of drug-likeness (QED) is 0.282. The van der Waals surface area contributed by atoms with Gasteiger partial charge in [0.1, 0.15) is 7.11 Å². The van der Waals surface area contributed by atoms with Gasteiger partial charge in [-0.2, -0.15) is 0 Å². The molecule has 0 heterocycles. The molecular weight excluding hydrogens is 374 g/mol. The van der Waals surface area contributed by atoms with Gasteiger partial charge < -0.3 is 9.26 Å². The standard InChI is InChI=1S/C25H45NO2Si/c1-17(26-27-4)21-10-11-22-20-9-8-18-16-19(28-29(5,6)7)12-14-24(18,2)23(20)13-15-25(21,22)3/h18-23H,8-16H2,1-7H3/t18-,19+,20-,21+,22-,23-,24-,25+/m0/s1. The van der Waals surface area contributed by atoms with Crippen molar-refractivity contribution in [3.63, 3.8) is 0 Å². The fourth-order valence-corrected chi connectivity index (χ4v) is 9.93. The predicted octanol–water partition coefficient (Wildman–Crippen LogP) is 6.89. The van der Waals surface area contributed by atoms with E-state index in [-0.39, 0.29) is 0 Å². The lowest BCUT2D eigenvalue weighted by molar-refractivity contribution is -0.121. The zero-order valence-electron chi connectivity index (χ0n) is 20.1. The molecule has 0 radical (unpaired) electrons. The van der Waals surface area contributed by atoms with E-state index in [4.69, 9.17) is 9.26 Å². The summed E-state index contributed by atoms with van der Waals surface area (Å²) in [4.78, 5) is 5.16. The largest absolute Gasteiger partial charge is 0.415 e. The molecule has 0 N–H and O–H groups in total. The van der Waals surface area contributed by atoms with E-state index in [0.717, 1.165) is 23.7 Å². The van der Waals surface area contributed by atoms with Crippen LogP contribution in [0.3, 0.4) is 0 Å². The summed E-state index contributed by atoms with van der Waals surface area (Å²) in [6, 6.07) is 0. The van der Waals surface area contributed by atoms with E-state index in [1.54, 1.807) is 7.11 Å². The van der Waals surface area contributed by atoms with Crippen molar-refractivity contribution in [3.05, 3.63) is 0 Å². The minimum Gasteiger partial charge on any atom is -0.415 e. The van der Waals surface area contributed by atoms with Crippen LogP contribution in [0.1, 0.15) is 78.6 Å². The molecule has 0 saturated heterocycles. The first-order valence-corrected chi connectivity index (χ1v) is 15.7. The highest BCUT2D eigenvalue weighted by molar-refractivity contribution is 6.69. The highest BCUT2D eigenvalue weighted by atomic mass is 28.4. The van der Waals surface area contributed by atoms with Crippen molar-refractivity contribution in [1.29, 1.82) is 0 Å². The van der Waals surface area contributed by atoms with E-state index in [0.29, 0.717) is 22.9 Å². The summed E-state index contributed by atoms with van der Waals surface area (Å²) in [6.45, 7) is 14.5. The molecule has 0 bridgehead atoms. The molecule has 4 aliphatic carbocycles. The maximum Gasteiger partial charge on any atom is 0.184 e. The van der Waals surface area contributed by atoms with Crippen molar-refractivity contribution in [2.45, 2.75) is 104 Å². The molecule has 0 aromatic carbocycles. The molecule has 166 valence electrons. The van der Waals surface area contributed by atoms with Gasteiger partial charge in [0.05, 0.1) is 5.71 Å². The van der Waals surface area contributed by atoms with Gasteiger partial charge in [0.25, 0.3) is 0 Å². The van der Waals surface area contributed by atoms with Crippen LogP contribution in [-0.2, 0) is 9.26 Å². The molecule has 29 heavy (non-hydrogen) atoms. The summed E-state index contributed by atoms with van der Waals surface area (Å²) >= 11 is 0. The van der Waals surface area contributed by atoms with Crippen LogP contribution in [0.5, 0.6) is 0 Å². The van der Waals surface area contributed by atoms with Crippen LogP contribution in [0.4, 0.5) is 0 Å². The summed E-state index contributed by atoms with van der Waals surface area (Å²) < 4.78 is 6.57. The first-order valence-electron chi connectivity index (χ1n) is 12.3. The molecule has 0 spiro atoms. The third kappa shape index (κ3) is 3.75. The third-order valence-electron chi connectivity index (χ3n) is 9.88. The van der Waals surface area contributed by atoms with Gasteiger partial charge in [-0.3, -0.25) is 0 Å². The topological polar surface area (TPSA) is 30.8 Å². The number of hydrogen-bond donors (Lipinski definition) is 0. The monoisotopic (exact) mass is 419 g/mol. The number of oxime groups is 1. The molecule has 4 heteroatoms. The Morgan fingerprint density at radius 2 is 1.59 bits per heavy atom. The zero-order valence-corrected chi connectivity index (χ0v) is 21.1. The van der Waals surface area contributed by atoms with E-state index in [9.17, 15) is 0 Å². The van der Waals surface area contributed by atoms with Crippen molar-refractivity contribution in [3.8, 4) is 0 Å². The van der Waals surface area contributed by atoms with Crippen molar-refractivity contribution < 1.29 is 9.26 Å². The van der Waals surface area contributed by atoms with Gasteiger partial charge in [-0.1, -0.05) is 19.0 Å². The van der Waals surface area contributed by atoms with Crippen molar-refractivity contribution in [2.24, 2.45) is 45.6 Å². The lowest BCUT2D eigenvalue weighted by atomic mass is 9.44. The number of rotatable bonds is 4. The van der Waals surface area contributed by atoms with E-state index >= 15 is 0 Å². The van der Waals surface area contributed by atoms with Crippen molar-refractivity contribution in [1.82, 2.24) is 0 Å². The maximum absolute atomic E-state index is 6.57. The van der Waals surface area contributed by atoms with Crippen LogP contribution in [0.2, 0.25) is 19.6 Å². The van der Waals surface area contributed by atoms with Gasteiger partial charge in [-0.25, -0.2) is 0 Å². The number of nitrogens with zero attached hydrogens (tertiary/aromatic N) is 1. The molecule has 3 nitrogen and oxygen atoms in total. The third-order valence-corrected chi connectivity index (χ3v) is 10.9. The van der Waals surface area contributed by atoms with E-state index in [1.165, 1.54) is 63.5 Å². The molecule has 0 amide bonds. The van der Waals surface area contributed by atoms with E-state index < -0.39 is 8.32 Å². The summed E-state index contributed by atoms with van der Waals surface area (Å²) in [5.74, 6) is 4.27. The van der Waals surface area contributed by atoms with Gasteiger partial charge in [-0.15, -0.1) is 0 Å². The summed E-state index contributed by atoms with van der Waals surface area (Å²) in [7, 11) is 0.259. The van der Waals surface area contributed by atoms with Crippen LogP contribution >= 0.6 is 0 Å². The lowest BCUT2D eigenvalue weighted by Crippen LogP contribution is -2.54. The second-order valence-corrected chi connectivity index (χ2v) is 16.8. The molecule has 0 unspecified atom stereocenters. The summed E-state index contributed by atoms with van der Waals surface area (Å²) in [5, 5.41) is 4.37. The Labute approximate surface area is 180 Å². The molecule has 4 fully saturated rings. The second kappa shape index (κ2) is 7.65. The molecule has 4 aliphatic rings. The minimum absolute atomic E-state index is 0.439. The van der Waals surface area contributed by atoms with Crippen LogP contribution in [0.15, 0.2) is 5.16 Å². The fourth-order valence-electron chi connectivity index (χ4n) is 8.72. The molecule has 0 aromatic rings. The average molecular weight is 420 g/mol. The Morgan fingerprint density at radius 1 is 0.897 bits per heavy atom. The maximum atomic E-state index is 6.57. The fraction of sp³-hybridized carbons (Fsp3) is 0.960. The molecular formula is C25H45NO2Si. The van der Waals surface area contributed by atoms with Gasteiger partial charge in [0.15, 0.2) is 8.32 Å². The van der Waals surface area contributed by atoms with Gasteiger partial charge in [0.2, 0.25) is 0 Å². The van der Waals surface area contributed by atoms with Crippen molar-refractivity contribution in [2.75, 3.05) is 7.11 Å². The zero-order chi connectivity index (χ0) is 21.0. The Balaban J connectivity index is 1.51. The number of fused-ring (bicyclic) bond motifs is 5. The predicted molar refractivity (Wildman–Crippen MR) is 124 cm³/mol. The highest BCUT2D eigenvalue weighted by Gasteiger charge is 2.60. The summed E-state index contributed by atoms with van der Waals surface area (Å²) in [5.41, 5.74) is 2.23. The van der Waals surface area contributed by atoms with Crippen LogP contribution in [0.25, 0.3) is 0 Å². The summed E-state index contributed by atoms with van der Waals surface area (Å²) in [6.07, 6.45) is 13.0. The van der Waals surface area contributed by atoms with E-state index in [1.807, 2.05) is 0 Å². The normalized spacial score (nSPS) is 47.9. The average Bonchev–Trinajstić information content (AvgIpc) is 2.98. The highest BCUT2D eigenvalue weighted by Crippen LogP contribution is 2.67. The molecule has 4 rings (SSSR count). The van der Waals surface area contributed by atoms with E-state index in [2.05, 4.69) is 45.6 Å². The Morgan fingerprint density at radius 3 is 2.28 bits per heavy atom. The van der Waals surface area contributed by atoms with Gasteiger partial charge in [0, 0.05) is 12.0 Å². The number of hydrogen-bond acceptors (Lipinski definition) is 3. The molecule has 8 atom stereocenters. The molecule has 0 aromatic heterocycles. The molecule has 4 saturated carbocycles. The lowest BCUT2D eigenvalue weighted by Gasteiger charge is -2.61. The smallest absolute Gasteiger partial charge is 0.184 e. The van der Waals surface area contributed by atoms with Crippen LogP contribution in [0, 0.1) is 40.4 Å². The Bertz CT molecular complexity index is 643. The van der Waals surface area contributed by atoms with Gasteiger partial charge >= 0.3 is 0 Å². The van der Waals surface area contributed by atoms with Crippen LogP contribution < -0.4 is 0 Å². The Kier molecular flexibility index (Phi) is 5.77. The second-order valence-electron chi connectivity index (χ2n) is 12.4. The first-order chi connectivity index (χ1) is 13.6. The van der Waals surface area contributed by atoms with Gasteiger partial charge in [-0.05, 0) is 119 Å². The molecule has 0 aliphatic heterocycles. The SMILES string of the molecule is CON=C(C)[C@H]1CC[C@H]2[C@@H]3CC[C@H]4C[C@H](O[Si](C)(C)C)CC[C@]4(C)[C@H]3CC[C@]12C. The van der Waals surface area contributed by atoms with Crippen molar-refractivity contribution >= 4 is 14.0 Å². The van der Waals surface area contributed by atoms with Crippen LogP contribution in [-0.4, -0.2) is 27.2 Å². The first kappa shape index (κ1) is 21.9. The Hall–Kier alpha value is -0.353. The minimum atomic E-state index is -1.43.